The topological polar surface area (TPSA) is 50.6 Å². The minimum absolute atomic E-state index is 0.00961. The smallest absolute Gasteiger partial charge is 0.260 e. The Morgan fingerprint density at radius 2 is 1.75 bits per heavy atom. The van der Waals surface area contributed by atoms with Crippen molar-refractivity contribution >= 4 is 5.91 Å². The lowest BCUT2D eigenvalue weighted by Crippen LogP contribution is -2.34. The maximum absolute atomic E-state index is 12.9. The molecule has 3 aromatic rings. The summed E-state index contributed by atoms with van der Waals surface area (Å²) in [6, 6.07) is 16.3. The van der Waals surface area contributed by atoms with Crippen molar-refractivity contribution in [3.05, 3.63) is 71.0 Å². The molecular formula is C26H34N4O2. The van der Waals surface area contributed by atoms with Crippen LogP contribution < -0.4 is 4.74 Å². The number of ether oxygens (including phenoxy) is 1. The molecule has 0 N–H and O–H groups in total. The van der Waals surface area contributed by atoms with Crippen molar-refractivity contribution in [1.29, 1.82) is 0 Å². The second-order valence-electron chi connectivity index (χ2n) is 8.60. The summed E-state index contributed by atoms with van der Waals surface area (Å²) >= 11 is 0. The monoisotopic (exact) mass is 434 g/mol. The maximum atomic E-state index is 12.9. The van der Waals surface area contributed by atoms with E-state index in [1.807, 2.05) is 84.0 Å². The second kappa shape index (κ2) is 10.0. The highest BCUT2D eigenvalue weighted by molar-refractivity contribution is 5.78. The Balaban J connectivity index is 1.75. The number of carbonyl (C=O) groups is 1. The highest BCUT2D eigenvalue weighted by atomic mass is 16.5. The van der Waals surface area contributed by atoms with Crippen LogP contribution in [0.1, 0.15) is 35.5 Å². The first-order chi connectivity index (χ1) is 15.2. The van der Waals surface area contributed by atoms with Crippen LogP contribution in [0.25, 0.3) is 11.1 Å². The third-order valence-electron chi connectivity index (χ3n) is 5.96. The van der Waals surface area contributed by atoms with Gasteiger partial charge in [-0.25, -0.2) is 0 Å². The van der Waals surface area contributed by atoms with Gasteiger partial charge in [-0.05, 0) is 58.1 Å². The molecule has 0 aliphatic rings. The summed E-state index contributed by atoms with van der Waals surface area (Å²) in [5.41, 5.74) is 6.45. The highest BCUT2D eigenvalue weighted by Gasteiger charge is 2.24. The number of rotatable bonds is 8. The van der Waals surface area contributed by atoms with Crippen LogP contribution in [0, 0.1) is 13.8 Å². The predicted octanol–water partition coefficient (Wildman–Crippen LogP) is 4.36. The number of carbonyl (C=O) groups excluding carboxylic acids is 1. The van der Waals surface area contributed by atoms with E-state index in [1.165, 1.54) is 0 Å². The van der Waals surface area contributed by atoms with Gasteiger partial charge in [0.1, 0.15) is 5.75 Å². The summed E-state index contributed by atoms with van der Waals surface area (Å²) in [6.45, 7) is 6.76. The Hall–Kier alpha value is -3.12. The molecule has 0 spiro atoms. The van der Waals surface area contributed by atoms with Crippen LogP contribution in [0.4, 0.5) is 0 Å². The summed E-state index contributed by atoms with van der Waals surface area (Å²) in [4.78, 5) is 16.8. The fraction of sp³-hybridized carbons (Fsp3) is 0.385. The number of likely N-dealkylation sites (N-methyl/N-ethyl adjacent to an activating group) is 1. The summed E-state index contributed by atoms with van der Waals surface area (Å²) in [5, 5.41) is 4.48. The molecule has 1 amide bonds. The molecule has 1 heterocycles. The van der Waals surface area contributed by atoms with Gasteiger partial charge in [-0.1, -0.05) is 36.4 Å². The lowest BCUT2D eigenvalue weighted by Gasteiger charge is -2.26. The fourth-order valence-corrected chi connectivity index (χ4v) is 4.04. The van der Waals surface area contributed by atoms with Gasteiger partial charge in [-0.2, -0.15) is 5.10 Å². The largest absolute Gasteiger partial charge is 0.483 e. The number of nitrogens with zero attached hydrogens (tertiary/aromatic N) is 4. The molecule has 1 aromatic heterocycles. The minimum Gasteiger partial charge on any atom is -0.483 e. The maximum Gasteiger partial charge on any atom is 0.260 e. The average molecular weight is 435 g/mol. The molecule has 1 atom stereocenters. The van der Waals surface area contributed by atoms with Crippen LogP contribution in [0.3, 0.4) is 0 Å². The van der Waals surface area contributed by atoms with Crippen LogP contribution in [0.2, 0.25) is 0 Å². The third-order valence-corrected chi connectivity index (χ3v) is 5.96. The van der Waals surface area contributed by atoms with Gasteiger partial charge in [0.15, 0.2) is 6.61 Å². The molecule has 170 valence electrons. The van der Waals surface area contributed by atoms with Crippen LogP contribution >= 0.6 is 0 Å². The molecule has 32 heavy (non-hydrogen) atoms. The summed E-state index contributed by atoms with van der Waals surface area (Å²) < 4.78 is 7.88. The van der Waals surface area contributed by atoms with Crippen molar-refractivity contribution in [2.24, 2.45) is 7.05 Å². The van der Waals surface area contributed by atoms with E-state index in [1.54, 1.807) is 4.90 Å². The molecule has 0 aliphatic heterocycles. The van der Waals surface area contributed by atoms with E-state index in [-0.39, 0.29) is 18.6 Å². The molecule has 0 aliphatic carbocycles. The first-order valence-electron chi connectivity index (χ1n) is 10.9. The Morgan fingerprint density at radius 1 is 1.06 bits per heavy atom. The van der Waals surface area contributed by atoms with Crippen LogP contribution in [-0.4, -0.2) is 53.2 Å². The zero-order valence-corrected chi connectivity index (χ0v) is 20.2. The second-order valence-corrected chi connectivity index (χ2v) is 8.60. The zero-order valence-electron chi connectivity index (χ0n) is 20.2. The van der Waals surface area contributed by atoms with Crippen LogP contribution in [0.5, 0.6) is 5.75 Å². The SMILES string of the molecule is Cc1nn(C)c(C)c1C(C)N(C)C(=O)COc1ccc(-c2ccccc2)cc1CN(C)C. The lowest BCUT2D eigenvalue weighted by atomic mass is 10.0. The molecule has 0 saturated heterocycles. The van der Waals surface area contributed by atoms with E-state index in [0.717, 1.165) is 45.9 Å². The van der Waals surface area contributed by atoms with Gasteiger partial charge in [-0.3, -0.25) is 9.48 Å². The first kappa shape index (κ1) is 23.5. The van der Waals surface area contributed by atoms with Gasteiger partial charge in [0.2, 0.25) is 0 Å². The average Bonchev–Trinajstić information content (AvgIpc) is 3.02. The molecular weight excluding hydrogens is 400 g/mol. The number of amides is 1. The predicted molar refractivity (Wildman–Crippen MR) is 129 cm³/mol. The number of aryl methyl sites for hydroxylation is 2. The molecule has 0 radical (unpaired) electrons. The molecule has 0 bridgehead atoms. The molecule has 1 unspecified atom stereocenters. The quantitative estimate of drug-likeness (QED) is 0.528. The molecule has 0 saturated carbocycles. The third kappa shape index (κ3) is 5.19. The Kier molecular flexibility index (Phi) is 7.36. The zero-order chi connectivity index (χ0) is 23.4. The van der Waals surface area contributed by atoms with Crippen molar-refractivity contribution in [2.45, 2.75) is 33.4 Å². The Morgan fingerprint density at radius 3 is 2.34 bits per heavy atom. The highest BCUT2D eigenvalue weighted by Crippen LogP contribution is 2.29. The lowest BCUT2D eigenvalue weighted by molar-refractivity contribution is -0.134. The van der Waals surface area contributed by atoms with Crippen molar-refractivity contribution < 1.29 is 9.53 Å². The van der Waals surface area contributed by atoms with E-state index < -0.39 is 0 Å². The first-order valence-corrected chi connectivity index (χ1v) is 10.9. The van der Waals surface area contributed by atoms with Crippen molar-refractivity contribution in [3.63, 3.8) is 0 Å². The van der Waals surface area contributed by atoms with Gasteiger partial charge in [-0.15, -0.1) is 0 Å². The standard InChI is InChI=1S/C26H34N4O2/c1-18-26(20(3)30(7)27-18)19(2)29(6)25(31)17-32-24-14-13-22(15-23(24)16-28(4)5)21-11-9-8-10-12-21/h8-15,19H,16-17H2,1-7H3. The molecule has 0 fully saturated rings. The van der Waals surface area contributed by atoms with Crippen molar-refractivity contribution in [2.75, 3.05) is 27.7 Å². The minimum atomic E-state index is -0.0819. The number of hydrogen-bond acceptors (Lipinski definition) is 4. The van der Waals surface area contributed by atoms with Crippen LogP contribution in [-0.2, 0) is 18.4 Å². The summed E-state index contributed by atoms with van der Waals surface area (Å²) in [5.74, 6) is 0.671. The Labute approximate surface area is 191 Å². The molecule has 2 aromatic carbocycles. The van der Waals surface area contributed by atoms with Gasteiger partial charge in [0.05, 0.1) is 11.7 Å². The number of benzene rings is 2. The van der Waals surface area contributed by atoms with E-state index in [4.69, 9.17) is 4.74 Å². The van der Waals surface area contributed by atoms with E-state index >= 15 is 0 Å². The number of hydrogen-bond donors (Lipinski definition) is 0. The van der Waals surface area contributed by atoms with Gasteiger partial charge < -0.3 is 14.5 Å². The molecule has 6 nitrogen and oxygen atoms in total. The summed E-state index contributed by atoms with van der Waals surface area (Å²) in [6.07, 6.45) is 0. The van der Waals surface area contributed by atoms with Gasteiger partial charge in [0.25, 0.3) is 5.91 Å². The van der Waals surface area contributed by atoms with Crippen molar-refractivity contribution in [3.8, 4) is 16.9 Å². The van der Waals surface area contributed by atoms with Gasteiger partial charge in [0, 0.05) is 37.5 Å². The normalized spacial score (nSPS) is 12.1. The van der Waals surface area contributed by atoms with E-state index in [2.05, 4.69) is 28.2 Å². The van der Waals surface area contributed by atoms with Crippen molar-refractivity contribution in [1.82, 2.24) is 19.6 Å². The van der Waals surface area contributed by atoms with E-state index in [9.17, 15) is 4.79 Å². The summed E-state index contributed by atoms with van der Waals surface area (Å²) in [7, 11) is 7.80. The van der Waals surface area contributed by atoms with Gasteiger partial charge >= 0.3 is 0 Å². The Bertz CT molecular complexity index is 1070. The van der Waals surface area contributed by atoms with E-state index in [0.29, 0.717) is 0 Å². The molecule has 6 heteroatoms. The molecule has 3 rings (SSSR count). The fourth-order valence-electron chi connectivity index (χ4n) is 4.04. The number of aromatic nitrogens is 2. The van der Waals surface area contributed by atoms with Crippen LogP contribution in [0.15, 0.2) is 48.5 Å².